The number of alkyl halides is 3. The first-order valence-corrected chi connectivity index (χ1v) is 12.6. The van der Waals surface area contributed by atoms with Crippen LogP contribution in [0.2, 0.25) is 13.1 Å². The van der Waals surface area contributed by atoms with E-state index in [1.807, 2.05) is 48.0 Å². The maximum atomic E-state index is 13.1. The molecule has 156 valence electrons. The van der Waals surface area contributed by atoms with Gasteiger partial charge < -0.3 is 0 Å². The number of nitrogens with one attached hydrogen (secondary N) is 1. The molecule has 5 aromatic rings. The fraction of sp³-hybridized carbons (Fsp3) is 0.143. The zero-order valence-electron chi connectivity index (χ0n) is 16.6. The van der Waals surface area contributed by atoms with Gasteiger partial charge in [0.15, 0.2) is 8.07 Å². The molecule has 0 aliphatic heterocycles. The van der Waals surface area contributed by atoms with E-state index >= 15 is 0 Å². The Balaban J connectivity index is 1.67. The Kier molecular flexibility index (Phi) is 4.22. The molecule has 0 spiro atoms. The van der Waals surface area contributed by atoms with Crippen molar-refractivity contribution in [1.82, 2.24) is 29.7 Å². The van der Waals surface area contributed by atoms with Gasteiger partial charge in [-0.2, -0.15) is 18.3 Å². The second-order valence-electron chi connectivity index (χ2n) is 7.79. The molecule has 0 aromatic carbocycles. The SMILES string of the molecule is C[Si](C)(c1cc(C(F)(F)F)[nH]n1)c1cccc(-n2c3ccncc3c3cnccc32)n1. The van der Waals surface area contributed by atoms with E-state index in [1.165, 1.54) is 0 Å². The molecule has 5 aromatic heterocycles. The summed E-state index contributed by atoms with van der Waals surface area (Å²) in [5.74, 6) is 0.682. The molecule has 0 aliphatic carbocycles. The van der Waals surface area contributed by atoms with Gasteiger partial charge in [-0.05, 0) is 30.3 Å². The van der Waals surface area contributed by atoms with Crippen LogP contribution in [0.5, 0.6) is 0 Å². The van der Waals surface area contributed by atoms with Crippen molar-refractivity contribution in [2.45, 2.75) is 19.3 Å². The van der Waals surface area contributed by atoms with Crippen LogP contribution in [0.15, 0.2) is 61.2 Å². The Morgan fingerprint density at radius 1 is 0.903 bits per heavy atom. The number of pyridine rings is 3. The predicted molar refractivity (Wildman–Crippen MR) is 115 cm³/mol. The van der Waals surface area contributed by atoms with Gasteiger partial charge in [-0.15, -0.1) is 0 Å². The lowest BCUT2D eigenvalue weighted by Crippen LogP contribution is -2.55. The first-order valence-electron chi connectivity index (χ1n) is 9.56. The lowest BCUT2D eigenvalue weighted by Gasteiger charge is -2.20. The first kappa shape index (κ1) is 19.4. The van der Waals surface area contributed by atoms with E-state index in [2.05, 4.69) is 20.2 Å². The van der Waals surface area contributed by atoms with Crippen molar-refractivity contribution >= 4 is 40.5 Å². The Labute approximate surface area is 175 Å². The van der Waals surface area contributed by atoms with Crippen molar-refractivity contribution in [3.05, 3.63) is 66.9 Å². The molecule has 10 heteroatoms. The molecule has 31 heavy (non-hydrogen) atoms. The van der Waals surface area contributed by atoms with Gasteiger partial charge in [0.05, 0.1) is 16.4 Å². The maximum absolute atomic E-state index is 13.1. The minimum atomic E-state index is -4.46. The van der Waals surface area contributed by atoms with Gasteiger partial charge in [-0.1, -0.05) is 19.2 Å². The van der Waals surface area contributed by atoms with Crippen LogP contribution >= 0.6 is 0 Å². The van der Waals surface area contributed by atoms with Crippen molar-refractivity contribution in [3.8, 4) is 5.82 Å². The smallest absolute Gasteiger partial charge is 0.294 e. The molecule has 0 bridgehead atoms. The van der Waals surface area contributed by atoms with Crippen LogP contribution in [0.25, 0.3) is 27.6 Å². The molecule has 0 amide bonds. The van der Waals surface area contributed by atoms with E-state index in [0.717, 1.165) is 33.2 Å². The third-order valence-corrected chi connectivity index (χ3v) is 8.59. The summed E-state index contributed by atoms with van der Waals surface area (Å²) in [7, 11) is -2.58. The second-order valence-corrected chi connectivity index (χ2v) is 12.1. The van der Waals surface area contributed by atoms with Gasteiger partial charge in [-0.3, -0.25) is 19.6 Å². The molecule has 6 nitrogen and oxygen atoms in total. The fourth-order valence-corrected chi connectivity index (χ4v) is 5.78. The van der Waals surface area contributed by atoms with Crippen molar-refractivity contribution in [1.29, 1.82) is 0 Å². The summed E-state index contributed by atoms with van der Waals surface area (Å²) in [6, 6.07) is 10.5. The molecule has 0 atom stereocenters. The molecular formula is C21H17F3N6Si. The van der Waals surface area contributed by atoms with Crippen molar-refractivity contribution in [2.24, 2.45) is 0 Å². The normalized spacial score (nSPS) is 12.7. The Morgan fingerprint density at radius 2 is 1.55 bits per heavy atom. The lowest BCUT2D eigenvalue weighted by atomic mass is 10.2. The number of fused-ring (bicyclic) bond motifs is 3. The quantitative estimate of drug-likeness (QED) is 0.438. The molecule has 5 heterocycles. The lowest BCUT2D eigenvalue weighted by molar-refractivity contribution is -0.141. The topological polar surface area (TPSA) is 72.3 Å². The van der Waals surface area contributed by atoms with Gasteiger partial charge >= 0.3 is 6.18 Å². The van der Waals surface area contributed by atoms with E-state index in [0.29, 0.717) is 11.1 Å². The molecule has 5 rings (SSSR count). The van der Waals surface area contributed by atoms with Gasteiger partial charge in [0.2, 0.25) is 0 Å². The second kappa shape index (κ2) is 6.74. The van der Waals surface area contributed by atoms with Crippen LogP contribution in [0.1, 0.15) is 5.69 Å². The number of H-pyrrole nitrogens is 1. The third kappa shape index (κ3) is 3.10. The molecule has 0 saturated heterocycles. The highest BCUT2D eigenvalue weighted by Gasteiger charge is 2.37. The van der Waals surface area contributed by atoms with Gasteiger partial charge in [0, 0.05) is 40.9 Å². The number of aromatic amines is 1. The van der Waals surface area contributed by atoms with Crippen molar-refractivity contribution in [2.75, 3.05) is 0 Å². The molecular weight excluding hydrogens is 421 g/mol. The van der Waals surface area contributed by atoms with Crippen LogP contribution < -0.4 is 10.6 Å². The van der Waals surface area contributed by atoms with E-state index in [4.69, 9.17) is 4.98 Å². The average molecular weight is 438 g/mol. The van der Waals surface area contributed by atoms with Crippen molar-refractivity contribution < 1.29 is 13.2 Å². The molecule has 0 aliphatic rings. The molecule has 0 fully saturated rings. The third-order valence-electron chi connectivity index (χ3n) is 5.50. The molecule has 1 N–H and O–H groups in total. The Bertz CT molecular complexity index is 1370. The highest BCUT2D eigenvalue weighted by atomic mass is 28.3. The highest BCUT2D eigenvalue weighted by Crippen LogP contribution is 2.30. The summed E-state index contributed by atoms with van der Waals surface area (Å²) >= 11 is 0. The van der Waals surface area contributed by atoms with Crippen LogP contribution in [0.3, 0.4) is 0 Å². The Morgan fingerprint density at radius 3 is 2.13 bits per heavy atom. The van der Waals surface area contributed by atoms with E-state index in [9.17, 15) is 13.2 Å². The number of hydrogen-bond acceptors (Lipinski definition) is 4. The minimum Gasteiger partial charge on any atom is -0.294 e. The summed E-state index contributed by atoms with van der Waals surface area (Å²) in [6.45, 7) is 3.88. The Hall–Kier alpha value is -3.53. The number of halogens is 3. The monoisotopic (exact) mass is 438 g/mol. The summed E-state index contributed by atoms with van der Waals surface area (Å²) in [5, 5.41) is 9.15. The van der Waals surface area contributed by atoms with E-state index in [-0.39, 0.29) is 0 Å². The van der Waals surface area contributed by atoms with Gasteiger partial charge in [0.1, 0.15) is 11.5 Å². The fourth-order valence-electron chi connectivity index (χ4n) is 3.77. The minimum absolute atomic E-state index is 0.403. The number of nitrogens with zero attached hydrogens (tertiary/aromatic N) is 5. The number of hydrogen-bond donors (Lipinski definition) is 1. The van der Waals surface area contributed by atoms with E-state index in [1.54, 1.807) is 24.8 Å². The summed E-state index contributed by atoms with van der Waals surface area (Å²) in [5.41, 5.74) is 1.02. The summed E-state index contributed by atoms with van der Waals surface area (Å²) in [4.78, 5) is 13.3. The summed E-state index contributed by atoms with van der Waals surface area (Å²) in [6.07, 6.45) is 2.56. The van der Waals surface area contributed by atoms with Crippen LogP contribution in [0.4, 0.5) is 13.2 Å². The largest absolute Gasteiger partial charge is 0.432 e. The van der Waals surface area contributed by atoms with Gasteiger partial charge in [0.25, 0.3) is 0 Å². The van der Waals surface area contributed by atoms with E-state index < -0.39 is 19.9 Å². The predicted octanol–water partition coefficient (Wildman–Crippen LogP) is 3.53. The van der Waals surface area contributed by atoms with Crippen LogP contribution in [-0.4, -0.2) is 37.8 Å². The summed E-state index contributed by atoms with van der Waals surface area (Å²) < 4.78 is 41.2. The molecule has 0 radical (unpaired) electrons. The number of aromatic nitrogens is 6. The standard InChI is InChI=1S/C21H17F3N6Si/c1-31(2,20-10-17(28-29-20)21(22,23)24)19-5-3-4-18(27-19)30-15-6-8-25-11-13(15)14-12-26-9-7-16(14)30/h3-12H,1-2H3,(H,28,29). The molecule has 0 unspecified atom stereocenters. The first-order chi connectivity index (χ1) is 14.8. The maximum Gasteiger partial charge on any atom is 0.432 e. The molecule has 0 saturated carbocycles. The zero-order chi connectivity index (χ0) is 21.8. The van der Waals surface area contributed by atoms with Crippen LogP contribution in [-0.2, 0) is 6.18 Å². The van der Waals surface area contributed by atoms with Crippen LogP contribution in [0, 0.1) is 0 Å². The highest BCUT2D eigenvalue weighted by molar-refractivity contribution is 6.99. The van der Waals surface area contributed by atoms with Crippen molar-refractivity contribution in [3.63, 3.8) is 0 Å². The zero-order valence-corrected chi connectivity index (χ0v) is 17.6. The average Bonchev–Trinajstić information content (AvgIpc) is 3.38. The number of rotatable bonds is 3. The van der Waals surface area contributed by atoms with Gasteiger partial charge in [-0.25, -0.2) is 4.98 Å².